The van der Waals surface area contributed by atoms with Crippen LogP contribution in [0.3, 0.4) is 0 Å². The van der Waals surface area contributed by atoms with Gasteiger partial charge in [0.2, 0.25) is 0 Å². The van der Waals surface area contributed by atoms with Gasteiger partial charge in [-0.15, -0.1) is 0 Å². The summed E-state index contributed by atoms with van der Waals surface area (Å²) in [6, 6.07) is 3.68. The fourth-order valence-corrected chi connectivity index (χ4v) is 1.90. The first-order chi connectivity index (χ1) is 9.04. The molecule has 1 N–H and O–H groups in total. The van der Waals surface area contributed by atoms with Crippen molar-refractivity contribution in [2.75, 3.05) is 13.7 Å². The number of nitrogens with one attached hydrogen (secondary N) is 1. The summed E-state index contributed by atoms with van der Waals surface area (Å²) in [7, 11) is 1.77. The minimum Gasteiger partial charge on any atom is -0.374 e. The van der Waals surface area contributed by atoms with Crippen molar-refractivity contribution in [2.24, 2.45) is 0 Å². The van der Waals surface area contributed by atoms with E-state index in [4.69, 9.17) is 4.74 Å². The molecule has 0 fully saturated rings. The van der Waals surface area contributed by atoms with E-state index in [1.165, 1.54) is 12.1 Å². The van der Waals surface area contributed by atoms with Gasteiger partial charge in [0, 0.05) is 0 Å². The first kappa shape index (κ1) is 17.0. The van der Waals surface area contributed by atoms with Crippen LogP contribution in [0.1, 0.15) is 43.5 Å². The van der Waals surface area contributed by atoms with Gasteiger partial charge in [0.15, 0.2) is 0 Å². The molecule has 0 saturated heterocycles. The van der Waals surface area contributed by atoms with Gasteiger partial charge in [-0.2, -0.15) is 13.2 Å². The molecule has 1 aromatic carbocycles. The highest BCUT2D eigenvalue weighted by Gasteiger charge is 2.31. The van der Waals surface area contributed by atoms with Gasteiger partial charge in [0.25, 0.3) is 0 Å². The molecule has 0 spiro atoms. The standard InChI is InChI=1S/C15H22F3NO/c1-10-8-11(15(16,17)18)6-7-12(10)13(19-5)9-20-14(2,3)4/h6-8,13,19H,9H2,1-5H3. The Morgan fingerprint density at radius 3 is 2.20 bits per heavy atom. The first-order valence-corrected chi connectivity index (χ1v) is 6.53. The lowest BCUT2D eigenvalue weighted by Crippen LogP contribution is -2.29. The molecule has 2 nitrogen and oxygen atoms in total. The highest BCUT2D eigenvalue weighted by atomic mass is 19.4. The average Bonchev–Trinajstić information content (AvgIpc) is 2.28. The Hall–Kier alpha value is -1.07. The second-order valence-electron chi connectivity index (χ2n) is 5.83. The van der Waals surface area contributed by atoms with Gasteiger partial charge >= 0.3 is 6.18 Å². The average molecular weight is 289 g/mol. The monoisotopic (exact) mass is 289 g/mol. The van der Waals surface area contributed by atoms with Gasteiger partial charge in [0.05, 0.1) is 23.8 Å². The molecule has 1 rings (SSSR count). The maximum atomic E-state index is 12.6. The second-order valence-corrected chi connectivity index (χ2v) is 5.83. The van der Waals surface area contributed by atoms with Crippen LogP contribution < -0.4 is 5.32 Å². The molecule has 20 heavy (non-hydrogen) atoms. The largest absolute Gasteiger partial charge is 0.416 e. The third kappa shape index (κ3) is 4.80. The molecule has 5 heteroatoms. The number of benzene rings is 1. The lowest BCUT2D eigenvalue weighted by atomic mass is 9.99. The normalized spacial score (nSPS) is 14.4. The number of aryl methyl sites for hydroxylation is 1. The van der Waals surface area contributed by atoms with E-state index in [2.05, 4.69) is 5.32 Å². The third-order valence-electron chi connectivity index (χ3n) is 3.00. The van der Waals surface area contributed by atoms with Crippen LogP contribution in [-0.4, -0.2) is 19.3 Å². The van der Waals surface area contributed by atoms with Crippen molar-refractivity contribution in [3.05, 3.63) is 34.9 Å². The van der Waals surface area contributed by atoms with Gasteiger partial charge in [-0.1, -0.05) is 6.07 Å². The molecule has 114 valence electrons. The maximum Gasteiger partial charge on any atom is 0.416 e. The van der Waals surface area contributed by atoms with Crippen LogP contribution in [0.2, 0.25) is 0 Å². The Morgan fingerprint density at radius 1 is 1.20 bits per heavy atom. The van der Waals surface area contributed by atoms with Crippen molar-refractivity contribution in [2.45, 2.75) is 45.5 Å². The van der Waals surface area contributed by atoms with Gasteiger partial charge in [0.1, 0.15) is 0 Å². The Kier molecular flexibility index (Phi) is 5.21. The molecule has 1 unspecified atom stereocenters. The summed E-state index contributed by atoms with van der Waals surface area (Å²) in [6.45, 7) is 7.93. The molecule has 0 aliphatic heterocycles. The lowest BCUT2D eigenvalue weighted by Gasteiger charge is -2.25. The van der Waals surface area contributed by atoms with Crippen LogP contribution in [0, 0.1) is 6.92 Å². The van der Waals surface area contributed by atoms with Gasteiger partial charge in [-0.25, -0.2) is 0 Å². The first-order valence-electron chi connectivity index (χ1n) is 6.53. The number of ether oxygens (including phenoxy) is 1. The number of hydrogen-bond donors (Lipinski definition) is 1. The summed E-state index contributed by atoms with van der Waals surface area (Å²) in [5, 5.41) is 3.08. The van der Waals surface area contributed by atoms with E-state index < -0.39 is 11.7 Å². The molecule has 1 atom stereocenters. The van der Waals surface area contributed by atoms with Crippen LogP contribution in [0.25, 0.3) is 0 Å². The zero-order valence-electron chi connectivity index (χ0n) is 12.6. The summed E-state index contributed by atoms with van der Waals surface area (Å²) < 4.78 is 43.6. The van der Waals surface area contributed by atoms with Crippen LogP contribution in [0.4, 0.5) is 13.2 Å². The number of likely N-dealkylation sites (N-methyl/N-ethyl adjacent to an activating group) is 1. The number of alkyl halides is 3. The molecule has 0 amide bonds. The minimum atomic E-state index is -4.31. The molecule has 0 saturated carbocycles. The highest BCUT2D eigenvalue weighted by Crippen LogP contribution is 2.31. The Bertz CT molecular complexity index is 449. The molecule has 0 aromatic heterocycles. The van der Waals surface area contributed by atoms with Crippen molar-refractivity contribution in [1.82, 2.24) is 5.32 Å². The zero-order chi connectivity index (χ0) is 15.6. The van der Waals surface area contributed by atoms with E-state index in [0.717, 1.165) is 11.6 Å². The number of halogens is 3. The molecule has 0 bridgehead atoms. The summed E-state index contributed by atoms with van der Waals surface area (Å²) in [5.74, 6) is 0. The summed E-state index contributed by atoms with van der Waals surface area (Å²) in [6.07, 6.45) is -4.31. The van der Waals surface area contributed by atoms with E-state index in [9.17, 15) is 13.2 Å². The smallest absolute Gasteiger partial charge is 0.374 e. The summed E-state index contributed by atoms with van der Waals surface area (Å²) in [4.78, 5) is 0. The topological polar surface area (TPSA) is 21.3 Å². The summed E-state index contributed by atoms with van der Waals surface area (Å²) in [5.41, 5.74) is 0.529. The minimum absolute atomic E-state index is 0.128. The molecule has 0 radical (unpaired) electrons. The van der Waals surface area contributed by atoms with E-state index in [1.54, 1.807) is 14.0 Å². The Morgan fingerprint density at radius 2 is 1.80 bits per heavy atom. The van der Waals surface area contributed by atoms with Crippen molar-refractivity contribution in [3.63, 3.8) is 0 Å². The Labute approximate surface area is 118 Å². The quantitative estimate of drug-likeness (QED) is 0.901. The summed E-state index contributed by atoms with van der Waals surface area (Å²) >= 11 is 0. The highest BCUT2D eigenvalue weighted by molar-refractivity contribution is 5.34. The Balaban J connectivity index is 2.94. The maximum absolute atomic E-state index is 12.6. The number of hydrogen-bond acceptors (Lipinski definition) is 2. The van der Waals surface area contributed by atoms with Gasteiger partial charge in [-0.05, 0) is 58.0 Å². The van der Waals surface area contributed by atoms with Crippen molar-refractivity contribution in [1.29, 1.82) is 0 Å². The zero-order valence-corrected chi connectivity index (χ0v) is 12.6. The molecule has 0 heterocycles. The second kappa shape index (κ2) is 6.14. The molecular formula is C15H22F3NO. The molecule has 0 aliphatic carbocycles. The molecule has 1 aromatic rings. The van der Waals surface area contributed by atoms with Gasteiger partial charge < -0.3 is 10.1 Å². The predicted octanol–water partition coefficient (Wildman–Crippen LogP) is 4.09. The van der Waals surface area contributed by atoms with E-state index in [1.807, 2.05) is 20.8 Å². The van der Waals surface area contributed by atoms with E-state index >= 15 is 0 Å². The van der Waals surface area contributed by atoms with Gasteiger partial charge in [-0.3, -0.25) is 0 Å². The van der Waals surface area contributed by atoms with Crippen LogP contribution in [0.5, 0.6) is 0 Å². The van der Waals surface area contributed by atoms with Crippen LogP contribution in [-0.2, 0) is 10.9 Å². The number of rotatable bonds is 4. The van der Waals surface area contributed by atoms with Crippen LogP contribution in [0.15, 0.2) is 18.2 Å². The molecular weight excluding hydrogens is 267 g/mol. The third-order valence-corrected chi connectivity index (χ3v) is 3.00. The van der Waals surface area contributed by atoms with E-state index in [0.29, 0.717) is 12.2 Å². The molecule has 0 aliphatic rings. The lowest BCUT2D eigenvalue weighted by molar-refractivity contribution is -0.137. The van der Waals surface area contributed by atoms with Crippen molar-refractivity contribution < 1.29 is 17.9 Å². The van der Waals surface area contributed by atoms with Crippen molar-refractivity contribution >= 4 is 0 Å². The fraction of sp³-hybridized carbons (Fsp3) is 0.600. The SMILES string of the molecule is CNC(COC(C)(C)C)c1ccc(C(F)(F)F)cc1C. The van der Waals surface area contributed by atoms with Crippen molar-refractivity contribution in [3.8, 4) is 0 Å². The fourth-order valence-electron chi connectivity index (χ4n) is 1.90. The van der Waals surface area contributed by atoms with Crippen LogP contribution >= 0.6 is 0 Å². The van der Waals surface area contributed by atoms with E-state index in [-0.39, 0.29) is 11.6 Å². The predicted molar refractivity (Wildman–Crippen MR) is 73.7 cm³/mol.